The molecule has 4 aromatic rings. The third-order valence-corrected chi connectivity index (χ3v) is 6.05. The molecule has 0 aliphatic heterocycles. The highest BCUT2D eigenvalue weighted by atomic mass is 19.4. The third kappa shape index (κ3) is 6.87. The van der Waals surface area contributed by atoms with Gasteiger partial charge in [-0.25, -0.2) is 9.48 Å². The summed E-state index contributed by atoms with van der Waals surface area (Å²) >= 11 is 0. The van der Waals surface area contributed by atoms with Gasteiger partial charge in [0.1, 0.15) is 18.0 Å². The Morgan fingerprint density at radius 2 is 1.82 bits per heavy atom. The van der Waals surface area contributed by atoms with Crippen LogP contribution in [0.3, 0.4) is 0 Å². The Balaban J connectivity index is 1.56. The lowest BCUT2D eigenvalue weighted by Crippen LogP contribution is -2.19. The molecule has 3 aromatic carbocycles. The van der Waals surface area contributed by atoms with Crippen molar-refractivity contribution in [1.29, 1.82) is 0 Å². The first-order valence-electron chi connectivity index (χ1n) is 12.2. The molecule has 0 bridgehead atoms. The molecule has 1 heterocycles. The molecule has 1 aromatic heterocycles. The minimum absolute atomic E-state index is 0.0573. The Morgan fingerprint density at radius 1 is 1.05 bits per heavy atom. The number of para-hydroxylation sites is 2. The number of carbonyl (C=O) groups is 1. The molecule has 0 saturated carbocycles. The number of nitrogens with zero attached hydrogens (tertiary/aromatic N) is 2. The maximum Gasteiger partial charge on any atom is 0.573 e. The van der Waals surface area contributed by atoms with Crippen molar-refractivity contribution in [3.05, 3.63) is 106 Å². The van der Waals surface area contributed by atoms with E-state index in [-0.39, 0.29) is 29.5 Å². The number of halogens is 3. The van der Waals surface area contributed by atoms with Crippen LogP contribution in [0.25, 0.3) is 17.8 Å². The van der Waals surface area contributed by atoms with Gasteiger partial charge in [-0.3, -0.25) is 0 Å². The number of carboxylic acids is 1. The molecule has 0 atom stereocenters. The first-order chi connectivity index (χ1) is 18.5. The Hall–Kier alpha value is -4.53. The van der Waals surface area contributed by atoms with E-state index in [2.05, 4.69) is 9.84 Å². The minimum Gasteiger partial charge on any atom is -0.487 e. The summed E-state index contributed by atoms with van der Waals surface area (Å²) in [6.07, 6.45) is 0.520. The monoisotopic (exact) mass is 536 g/mol. The zero-order chi connectivity index (χ0) is 28.2. The zero-order valence-electron chi connectivity index (χ0n) is 21.6. The van der Waals surface area contributed by atoms with Crippen LogP contribution in [0.2, 0.25) is 0 Å². The number of aryl methyl sites for hydroxylation is 1. The summed E-state index contributed by atoms with van der Waals surface area (Å²) in [6.45, 7) is 5.94. The van der Waals surface area contributed by atoms with E-state index in [1.54, 1.807) is 30.5 Å². The van der Waals surface area contributed by atoms with Crippen molar-refractivity contribution in [3.8, 4) is 17.2 Å². The molecule has 9 heteroatoms. The van der Waals surface area contributed by atoms with Crippen molar-refractivity contribution < 1.29 is 32.5 Å². The van der Waals surface area contributed by atoms with E-state index in [9.17, 15) is 23.1 Å². The second-order valence-corrected chi connectivity index (χ2v) is 9.20. The minimum atomic E-state index is -4.84. The van der Waals surface area contributed by atoms with Crippen LogP contribution in [0.1, 0.15) is 58.1 Å². The van der Waals surface area contributed by atoms with E-state index in [0.29, 0.717) is 11.4 Å². The van der Waals surface area contributed by atoms with Crippen molar-refractivity contribution in [1.82, 2.24) is 9.78 Å². The van der Waals surface area contributed by atoms with Crippen molar-refractivity contribution in [3.63, 3.8) is 0 Å². The molecular weight excluding hydrogens is 509 g/mol. The number of rotatable bonds is 9. The molecular formula is C30H27F3N2O4. The molecule has 0 spiro atoms. The Bertz CT molecular complexity index is 1510. The van der Waals surface area contributed by atoms with Gasteiger partial charge in [-0.1, -0.05) is 56.3 Å². The third-order valence-electron chi connectivity index (χ3n) is 6.05. The van der Waals surface area contributed by atoms with Crippen LogP contribution in [0.5, 0.6) is 11.5 Å². The SMILES string of the molecule is Cc1cc(OCc2c(C(C)C)cnn2-c2ccccc2OC(F)(F)F)ccc1/C=C/c1cccc(C(=O)O)c1. The van der Waals surface area contributed by atoms with E-state index in [1.807, 2.05) is 51.1 Å². The van der Waals surface area contributed by atoms with Gasteiger partial charge < -0.3 is 14.6 Å². The Kier molecular flexibility index (Phi) is 8.09. The van der Waals surface area contributed by atoms with E-state index < -0.39 is 12.3 Å². The topological polar surface area (TPSA) is 73.6 Å². The number of carboxylic acid groups (broad SMARTS) is 1. The van der Waals surface area contributed by atoms with Gasteiger partial charge in [0.25, 0.3) is 0 Å². The van der Waals surface area contributed by atoms with Gasteiger partial charge in [-0.05, 0) is 71.5 Å². The molecule has 0 fully saturated rings. The first-order valence-corrected chi connectivity index (χ1v) is 12.2. The number of aromatic nitrogens is 2. The number of benzene rings is 3. The Morgan fingerprint density at radius 3 is 2.51 bits per heavy atom. The average Bonchev–Trinajstić information content (AvgIpc) is 3.30. The molecule has 0 unspecified atom stereocenters. The predicted octanol–water partition coefficient (Wildman–Crippen LogP) is 7.65. The smallest absolute Gasteiger partial charge is 0.487 e. The second kappa shape index (κ2) is 11.5. The molecule has 39 heavy (non-hydrogen) atoms. The zero-order valence-corrected chi connectivity index (χ0v) is 21.6. The fraction of sp³-hybridized carbons (Fsp3) is 0.200. The molecule has 0 aliphatic carbocycles. The number of hydrogen-bond donors (Lipinski definition) is 1. The first kappa shape index (κ1) is 27.5. The fourth-order valence-corrected chi connectivity index (χ4v) is 4.10. The van der Waals surface area contributed by atoms with Crippen LogP contribution < -0.4 is 9.47 Å². The molecule has 4 rings (SSSR count). The van der Waals surface area contributed by atoms with Gasteiger partial charge in [0.15, 0.2) is 5.75 Å². The largest absolute Gasteiger partial charge is 0.573 e. The van der Waals surface area contributed by atoms with Crippen LogP contribution in [-0.4, -0.2) is 27.2 Å². The summed E-state index contributed by atoms with van der Waals surface area (Å²) in [5, 5.41) is 13.5. The van der Waals surface area contributed by atoms with Crippen LogP contribution in [0, 0.1) is 6.92 Å². The van der Waals surface area contributed by atoms with E-state index in [1.165, 1.54) is 28.9 Å². The van der Waals surface area contributed by atoms with Gasteiger partial charge in [0.2, 0.25) is 0 Å². The van der Waals surface area contributed by atoms with E-state index in [4.69, 9.17) is 4.74 Å². The lowest BCUT2D eigenvalue weighted by Gasteiger charge is -2.17. The molecule has 0 saturated heterocycles. The van der Waals surface area contributed by atoms with Crippen molar-refractivity contribution in [2.45, 2.75) is 39.7 Å². The molecule has 6 nitrogen and oxygen atoms in total. The summed E-state index contributed by atoms with van der Waals surface area (Å²) < 4.78 is 50.8. The van der Waals surface area contributed by atoms with Crippen molar-refractivity contribution in [2.75, 3.05) is 0 Å². The lowest BCUT2D eigenvalue weighted by atomic mass is 10.0. The van der Waals surface area contributed by atoms with Crippen molar-refractivity contribution in [2.24, 2.45) is 0 Å². The highest BCUT2D eigenvalue weighted by Crippen LogP contribution is 2.32. The fourth-order valence-electron chi connectivity index (χ4n) is 4.10. The van der Waals surface area contributed by atoms with Gasteiger partial charge in [-0.15, -0.1) is 13.2 Å². The highest BCUT2D eigenvalue weighted by molar-refractivity contribution is 5.88. The lowest BCUT2D eigenvalue weighted by molar-refractivity contribution is -0.274. The van der Waals surface area contributed by atoms with Gasteiger partial charge in [0, 0.05) is 0 Å². The maximum atomic E-state index is 13.0. The average molecular weight is 537 g/mol. The number of hydrogen-bond acceptors (Lipinski definition) is 4. The van der Waals surface area contributed by atoms with Crippen LogP contribution in [0.15, 0.2) is 72.9 Å². The normalized spacial score (nSPS) is 11.8. The summed E-state index contributed by atoms with van der Waals surface area (Å²) in [6, 6.07) is 18.0. The summed E-state index contributed by atoms with van der Waals surface area (Å²) in [4.78, 5) is 11.2. The molecule has 0 aliphatic rings. The summed E-state index contributed by atoms with van der Waals surface area (Å²) in [7, 11) is 0. The Labute approximate surface area is 223 Å². The summed E-state index contributed by atoms with van der Waals surface area (Å²) in [5.74, 6) is -0.700. The van der Waals surface area contributed by atoms with Crippen molar-refractivity contribution >= 4 is 18.1 Å². The van der Waals surface area contributed by atoms with Gasteiger partial charge in [0.05, 0.1) is 17.5 Å². The van der Waals surface area contributed by atoms with Gasteiger partial charge >= 0.3 is 12.3 Å². The van der Waals surface area contributed by atoms with Gasteiger partial charge in [-0.2, -0.15) is 5.10 Å². The summed E-state index contributed by atoms with van der Waals surface area (Å²) in [5.41, 5.74) is 4.45. The molecule has 0 radical (unpaired) electrons. The van der Waals surface area contributed by atoms with Crippen LogP contribution in [-0.2, 0) is 6.61 Å². The van der Waals surface area contributed by atoms with Crippen LogP contribution >= 0.6 is 0 Å². The molecule has 1 N–H and O–H groups in total. The van der Waals surface area contributed by atoms with Crippen LogP contribution in [0.4, 0.5) is 13.2 Å². The highest BCUT2D eigenvalue weighted by Gasteiger charge is 2.32. The quantitative estimate of drug-likeness (QED) is 0.223. The number of ether oxygens (including phenoxy) is 2. The second-order valence-electron chi connectivity index (χ2n) is 9.20. The number of aromatic carboxylic acids is 1. The standard InChI is InChI=1S/C30H27F3N2O4/c1-19(2)25-17-34-35(26-9-4-5-10-28(26)39-30(31,32)33)27(25)18-38-24-14-13-22(20(3)15-24)12-11-21-7-6-8-23(16-21)29(36)37/h4-17,19H,18H2,1-3H3,(H,36,37)/b12-11+. The maximum absolute atomic E-state index is 13.0. The van der Waals surface area contributed by atoms with E-state index in [0.717, 1.165) is 22.3 Å². The predicted molar refractivity (Wildman–Crippen MR) is 142 cm³/mol. The molecule has 202 valence electrons. The number of alkyl halides is 3. The molecule has 0 amide bonds. The van der Waals surface area contributed by atoms with E-state index >= 15 is 0 Å².